The average Bonchev–Trinajstić information content (AvgIpc) is 2.92. The van der Waals surface area contributed by atoms with Gasteiger partial charge in [0.25, 0.3) is 0 Å². The molecule has 142 valence electrons. The highest BCUT2D eigenvalue weighted by molar-refractivity contribution is 7.92. The van der Waals surface area contributed by atoms with E-state index in [1.54, 1.807) is 23.9 Å². The Hall–Kier alpha value is -2.94. The smallest absolute Gasteiger partial charge is 0.229 e. The molecule has 0 radical (unpaired) electrons. The van der Waals surface area contributed by atoms with E-state index < -0.39 is 38.6 Å². The Labute approximate surface area is 155 Å². The first kappa shape index (κ1) is 18.8. The summed E-state index contributed by atoms with van der Waals surface area (Å²) in [6, 6.07) is 3.93. The van der Waals surface area contributed by atoms with Crippen LogP contribution in [0.15, 0.2) is 30.6 Å². The summed E-state index contributed by atoms with van der Waals surface area (Å²) in [5.74, 6) is -2.47. The molecule has 0 saturated heterocycles. The van der Waals surface area contributed by atoms with E-state index in [0.717, 1.165) is 24.0 Å². The van der Waals surface area contributed by atoms with Crippen LogP contribution in [0.5, 0.6) is 5.75 Å². The first-order valence-corrected chi connectivity index (χ1v) is 9.99. The number of nitrogens with zero attached hydrogens (tertiary/aromatic N) is 2. The number of ketones is 1. The lowest BCUT2D eigenvalue weighted by molar-refractivity contribution is 0.103. The van der Waals surface area contributed by atoms with Gasteiger partial charge >= 0.3 is 0 Å². The van der Waals surface area contributed by atoms with Crippen LogP contribution in [-0.4, -0.2) is 35.1 Å². The molecule has 0 aliphatic carbocycles. The van der Waals surface area contributed by atoms with Gasteiger partial charge in [-0.2, -0.15) is 0 Å². The number of halogens is 1. The third kappa shape index (κ3) is 3.50. The van der Waals surface area contributed by atoms with Crippen LogP contribution in [0.1, 0.15) is 28.4 Å². The van der Waals surface area contributed by atoms with E-state index in [2.05, 4.69) is 4.98 Å². The summed E-state index contributed by atoms with van der Waals surface area (Å²) in [7, 11) is -2.05. The van der Waals surface area contributed by atoms with E-state index >= 15 is 0 Å². The van der Waals surface area contributed by atoms with Gasteiger partial charge in [0.15, 0.2) is 5.82 Å². The van der Waals surface area contributed by atoms with Crippen molar-refractivity contribution in [1.82, 2.24) is 9.55 Å². The highest BCUT2D eigenvalue weighted by Crippen LogP contribution is 2.31. The van der Waals surface area contributed by atoms with Crippen molar-refractivity contribution >= 4 is 32.5 Å². The second kappa shape index (κ2) is 6.66. The van der Waals surface area contributed by atoms with Crippen LogP contribution in [0.25, 0.3) is 11.0 Å². The molecule has 0 aliphatic heterocycles. The largest absolute Gasteiger partial charge is 0.507 e. The number of pyridine rings is 1. The predicted octanol–water partition coefficient (Wildman–Crippen LogP) is 2.58. The van der Waals surface area contributed by atoms with Crippen molar-refractivity contribution in [3.05, 3.63) is 53.1 Å². The number of aryl methyl sites for hydroxylation is 2. The van der Waals surface area contributed by atoms with E-state index in [9.17, 15) is 22.7 Å². The monoisotopic (exact) mass is 391 g/mol. The molecule has 1 aromatic carbocycles. The molecular weight excluding hydrogens is 373 g/mol. The number of anilines is 1. The van der Waals surface area contributed by atoms with Crippen molar-refractivity contribution < 1.29 is 22.7 Å². The minimum atomic E-state index is -3.76. The molecule has 0 aliphatic rings. The Balaban J connectivity index is 2.19. The van der Waals surface area contributed by atoms with Crippen LogP contribution in [0, 0.1) is 5.82 Å². The highest BCUT2D eigenvalue weighted by Gasteiger charge is 2.25. The van der Waals surface area contributed by atoms with Crippen LogP contribution in [-0.2, 0) is 23.5 Å². The number of aromatic nitrogens is 2. The number of hydrogen-bond donors (Lipinski definition) is 2. The van der Waals surface area contributed by atoms with Gasteiger partial charge in [0, 0.05) is 30.4 Å². The Kier molecular flexibility index (Phi) is 4.64. The molecule has 0 atom stereocenters. The molecule has 2 heterocycles. The van der Waals surface area contributed by atoms with Gasteiger partial charge in [0.1, 0.15) is 17.0 Å². The van der Waals surface area contributed by atoms with E-state index in [1.165, 1.54) is 6.20 Å². The normalized spacial score (nSPS) is 11.7. The fourth-order valence-corrected chi connectivity index (χ4v) is 3.43. The van der Waals surface area contributed by atoms with Crippen LogP contribution < -0.4 is 4.72 Å². The zero-order chi connectivity index (χ0) is 19.9. The van der Waals surface area contributed by atoms with Crippen molar-refractivity contribution in [3.63, 3.8) is 0 Å². The Morgan fingerprint density at radius 3 is 2.70 bits per heavy atom. The molecule has 0 spiro atoms. The van der Waals surface area contributed by atoms with Gasteiger partial charge in [-0.25, -0.2) is 17.8 Å². The molecule has 0 saturated carbocycles. The van der Waals surface area contributed by atoms with Crippen molar-refractivity contribution in [1.29, 1.82) is 0 Å². The van der Waals surface area contributed by atoms with E-state index in [4.69, 9.17) is 0 Å². The van der Waals surface area contributed by atoms with E-state index in [-0.39, 0.29) is 5.56 Å². The van der Waals surface area contributed by atoms with Crippen molar-refractivity contribution in [2.45, 2.75) is 13.3 Å². The Morgan fingerprint density at radius 1 is 1.37 bits per heavy atom. The summed E-state index contributed by atoms with van der Waals surface area (Å²) in [6.07, 6.45) is 4.78. The predicted molar refractivity (Wildman–Crippen MR) is 100 cm³/mol. The van der Waals surface area contributed by atoms with Gasteiger partial charge in [-0.15, -0.1) is 0 Å². The summed E-state index contributed by atoms with van der Waals surface area (Å²) in [5, 5.41) is 10.6. The number of sulfonamides is 1. The Bertz CT molecular complexity index is 1170. The number of carbonyl (C=O) groups excluding carboxylic acids is 1. The topological polar surface area (TPSA) is 101 Å². The lowest BCUT2D eigenvalue weighted by Crippen LogP contribution is -2.13. The highest BCUT2D eigenvalue weighted by atomic mass is 32.2. The zero-order valence-corrected chi connectivity index (χ0v) is 15.8. The maximum Gasteiger partial charge on any atom is 0.229 e. The van der Waals surface area contributed by atoms with Gasteiger partial charge in [0.05, 0.1) is 11.9 Å². The van der Waals surface area contributed by atoms with Crippen molar-refractivity contribution in [2.24, 2.45) is 7.05 Å². The summed E-state index contributed by atoms with van der Waals surface area (Å²) in [4.78, 5) is 17.3. The zero-order valence-electron chi connectivity index (χ0n) is 14.9. The number of phenols is 1. The van der Waals surface area contributed by atoms with Crippen LogP contribution in [0.3, 0.4) is 0 Å². The lowest BCUT2D eigenvalue weighted by Gasteiger charge is -2.10. The number of benzene rings is 1. The number of fused-ring (bicyclic) bond motifs is 1. The fourth-order valence-electron chi connectivity index (χ4n) is 2.87. The number of nitrogens with one attached hydrogen (secondary N) is 1. The van der Waals surface area contributed by atoms with E-state index in [0.29, 0.717) is 17.5 Å². The van der Waals surface area contributed by atoms with Crippen molar-refractivity contribution in [2.75, 3.05) is 11.0 Å². The molecular formula is C18H18FN3O4S. The molecule has 0 fully saturated rings. The SMILES string of the molecule is CCc1cnc2c(c1)c(C(=O)c1c(O)ccc(NS(C)(=O)=O)c1F)cn2C. The maximum atomic E-state index is 14.8. The first-order valence-electron chi connectivity index (χ1n) is 8.10. The van der Waals surface area contributed by atoms with Crippen molar-refractivity contribution in [3.8, 4) is 5.75 Å². The lowest BCUT2D eigenvalue weighted by atomic mass is 10.0. The minimum Gasteiger partial charge on any atom is -0.507 e. The molecule has 2 aromatic heterocycles. The molecule has 3 rings (SSSR count). The molecule has 0 amide bonds. The number of phenolic OH excluding ortho intramolecular Hbond substituents is 1. The molecule has 7 nitrogen and oxygen atoms in total. The molecule has 3 aromatic rings. The Morgan fingerprint density at radius 2 is 2.07 bits per heavy atom. The summed E-state index contributed by atoms with van der Waals surface area (Å²) in [6.45, 7) is 1.94. The van der Waals surface area contributed by atoms with Crippen LogP contribution in [0.2, 0.25) is 0 Å². The van der Waals surface area contributed by atoms with Crippen LogP contribution >= 0.6 is 0 Å². The van der Waals surface area contributed by atoms with Gasteiger partial charge in [-0.1, -0.05) is 6.92 Å². The second-order valence-corrected chi connectivity index (χ2v) is 8.00. The molecule has 0 bridgehead atoms. The quantitative estimate of drug-likeness (QED) is 0.514. The number of aromatic hydroxyl groups is 1. The fraction of sp³-hybridized carbons (Fsp3) is 0.222. The van der Waals surface area contributed by atoms with Gasteiger partial charge in [-0.05, 0) is 30.2 Å². The standard InChI is InChI=1S/C18H18FN3O4S/c1-4-10-7-11-12(9-22(2)18(11)20-8-10)17(24)15-14(23)6-5-13(16(15)19)21-27(3,25)26/h5-9,21,23H,4H2,1-3H3. The first-order chi connectivity index (χ1) is 12.6. The second-order valence-electron chi connectivity index (χ2n) is 6.25. The van der Waals surface area contributed by atoms with E-state index in [1.807, 2.05) is 11.6 Å². The van der Waals surface area contributed by atoms with Crippen LogP contribution in [0.4, 0.5) is 10.1 Å². The van der Waals surface area contributed by atoms with Gasteiger partial charge < -0.3 is 9.67 Å². The average molecular weight is 391 g/mol. The van der Waals surface area contributed by atoms with Gasteiger partial charge in [-0.3, -0.25) is 9.52 Å². The summed E-state index contributed by atoms with van der Waals surface area (Å²) in [5.41, 5.74) is 0.603. The maximum absolute atomic E-state index is 14.8. The molecule has 9 heteroatoms. The third-order valence-electron chi connectivity index (χ3n) is 4.17. The molecule has 0 unspecified atom stereocenters. The third-order valence-corrected chi connectivity index (χ3v) is 4.76. The number of rotatable bonds is 5. The summed E-state index contributed by atoms with van der Waals surface area (Å²) < 4.78 is 41.3. The van der Waals surface area contributed by atoms with Gasteiger partial charge in [0.2, 0.25) is 15.8 Å². The molecule has 27 heavy (non-hydrogen) atoms. The summed E-state index contributed by atoms with van der Waals surface area (Å²) >= 11 is 0. The number of hydrogen-bond acceptors (Lipinski definition) is 5. The number of carbonyl (C=O) groups is 1. The minimum absolute atomic E-state index is 0.168. The molecule has 2 N–H and O–H groups in total.